The predicted octanol–water partition coefficient (Wildman–Crippen LogP) is 3.86. The van der Waals surface area contributed by atoms with E-state index in [4.69, 9.17) is 15.2 Å². The van der Waals surface area contributed by atoms with E-state index in [0.29, 0.717) is 43.6 Å². The molecule has 3 atom stereocenters. The number of carbonyl (C=O) groups excluding carboxylic acids is 2. The van der Waals surface area contributed by atoms with E-state index < -0.39 is 34.9 Å². The summed E-state index contributed by atoms with van der Waals surface area (Å²) in [5, 5.41) is 2.87. The molecule has 2 saturated heterocycles. The number of nitrogens with zero attached hydrogens (tertiary/aromatic N) is 1. The Bertz CT molecular complexity index is 1310. The standard InChI is InChI=1S/C29H31F4N3O4/c30-22-13-17(29(31,32)33)2-5-21(22)28(7-8-28)27(38)35-23(11-16-1-6-24-25(12-16)40-10-9-39-24)26(37)36-19-3-4-20(36)15-18(34)14-19/h1-2,5-6,12-13,18-20,23H,3-4,7-11,14-15,34H2,(H,35,38)/t18?,19?,20?,23-/m0/s1. The van der Waals surface area contributed by atoms with E-state index in [-0.39, 0.29) is 48.9 Å². The fourth-order valence-corrected chi connectivity index (χ4v) is 6.53. The molecule has 2 amide bonds. The van der Waals surface area contributed by atoms with Crippen LogP contribution in [0.4, 0.5) is 17.6 Å². The molecule has 2 aromatic rings. The average Bonchev–Trinajstić information content (AvgIpc) is 3.67. The smallest absolute Gasteiger partial charge is 0.416 e. The van der Waals surface area contributed by atoms with Gasteiger partial charge in [-0.1, -0.05) is 12.1 Å². The third-order valence-corrected chi connectivity index (χ3v) is 8.67. The minimum Gasteiger partial charge on any atom is -0.486 e. The summed E-state index contributed by atoms with van der Waals surface area (Å²) in [4.78, 5) is 29.5. The number of ether oxygens (including phenoxy) is 2. The van der Waals surface area contributed by atoms with E-state index in [1.807, 2.05) is 11.0 Å². The zero-order valence-corrected chi connectivity index (χ0v) is 21.8. The van der Waals surface area contributed by atoms with Crippen molar-refractivity contribution in [1.29, 1.82) is 0 Å². The Balaban J connectivity index is 1.28. The van der Waals surface area contributed by atoms with E-state index >= 15 is 0 Å². The number of carbonyl (C=O) groups is 2. The van der Waals surface area contributed by atoms with Crippen LogP contribution in [0.1, 0.15) is 55.2 Å². The number of fused-ring (bicyclic) bond motifs is 3. The Hall–Kier alpha value is -3.34. The van der Waals surface area contributed by atoms with Crippen LogP contribution in [-0.4, -0.2) is 54.1 Å². The lowest BCUT2D eigenvalue weighted by Gasteiger charge is -2.40. The van der Waals surface area contributed by atoms with Crippen molar-refractivity contribution in [2.24, 2.45) is 5.73 Å². The van der Waals surface area contributed by atoms with Gasteiger partial charge in [-0.3, -0.25) is 9.59 Å². The van der Waals surface area contributed by atoms with Gasteiger partial charge in [0.2, 0.25) is 11.8 Å². The molecule has 2 bridgehead atoms. The Morgan fingerprint density at radius 1 is 1.02 bits per heavy atom. The molecule has 3 aliphatic heterocycles. The van der Waals surface area contributed by atoms with Crippen LogP contribution < -0.4 is 20.5 Å². The van der Waals surface area contributed by atoms with Crippen LogP contribution >= 0.6 is 0 Å². The van der Waals surface area contributed by atoms with Crippen molar-refractivity contribution < 1.29 is 36.6 Å². The van der Waals surface area contributed by atoms with Crippen molar-refractivity contribution in [3.05, 3.63) is 58.9 Å². The topological polar surface area (TPSA) is 93.9 Å². The van der Waals surface area contributed by atoms with Crippen molar-refractivity contribution >= 4 is 11.8 Å². The molecule has 1 aliphatic carbocycles. The molecule has 0 aromatic heterocycles. The van der Waals surface area contributed by atoms with E-state index in [0.717, 1.165) is 30.5 Å². The second-order valence-corrected chi connectivity index (χ2v) is 11.3. The van der Waals surface area contributed by atoms with Gasteiger partial charge in [-0.25, -0.2) is 4.39 Å². The Morgan fingerprint density at radius 3 is 2.33 bits per heavy atom. The van der Waals surface area contributed by atoms with Gasteiger partial charge >= 0.3 is 6.18 Å². The van der Waals surface area contributed by atoms with Gasteiger partial charge in [0.25, 0.3) is 0 Å². The molecule has 4 aliphatic rings. The lowest BCUT2D eigenvalue weighted by molar-refractivity contribution is -0.141. The average molecular weight is 562 g/mol. The minimum absolute atomic E-state index is 0.0110. The molecule has 3 N–H and O–H groups in total. The first-order chi connectivity index (χ1) is 19.0. The van der Waals surface area contributed by atoms with Gasteiger partial charge in [0.15, 0.2) is 11.5 Å². The number of amides is 2. The summed E-state index contributed by atoms with van der Waals surface area (Å²) in [5.41, 5.74) is 4.43. The normalized spacial score (nSPS) is 25.3. The summed E-state index contributed by atoms with van der Waals surface area (Å²) in [7, 11) is 0. The molecule has 1 saturated carbocycles. The monoisotopic (exact) mass is 561 g/mol. The number of piperidine rings is 1. The number of rotatable bonds is 6. The molecular weight excluding hydrogens is 530 g/mol. The summed E-state index contributed by atoms with van der Waals surface area (Å²) < 4.78 is 65.5. The lowest BCUT2D eigenvalue weighted by atomic mass is 9.91. The van der Waals surface area contributed by atoms with Crippen molar-refractivity contribution in [3.8, 4) is 11.5 Å². The Kier molecular flexibility index (Phi) is 6.67. The van der Waals surface area contributed by atoms with Crippen LogP contribution in [0.15, 0.2) is 36.4 Å². The Labute approximate surface area is 229 Å². The molecule has 7 nitrogen and oxygen atoms in total. The highest BCUT2D eigenvalue weighted by molar-refractivity contribution is 5.95. The fraction of sp³-hybridized carbons (Fsp3) is 0.517. The van der Waals surface area contributed by atoms with Crippen LogP contribution in [0.3, 0.4) is 0 Å². The van der Waals surface area contributed by atoms with Crippen LogP contribution in [0, 0.1) is 5.82 Å². The van der Waals surface area contributed by atoms with Crippen molar-refractivity contribution in [3.63, 3.8) is 0 Å². The zero-order valence-electron chi connectivity index (χ0n) is 21.8. The molecule has 6 rings (SSSR count). The van der Waals surface area contributed by atoms with E-state index in [1.54, 1.807) is 12.1 Å². The van der Waals surface area contributed by atoms with Gasteiger partial charge in [-0.05, 0) is 68.4 Å². The van der Waals surface area contributed by atoms with Gasteiger partial charge < -0.3 is 25.4 Å². The molecule has 3 heterocycles. The third kappa shape index (κ3) is 4.88. The highest BCUT2D eigenvalue weighted by atomic mass is 19.4. The largest absolute Gasteiger partial charge is 0.486 e. The third-order valence-electron chi connectivity index (χ3n) is 8.67. The highest BCUT2D eigenvalue weighted by Gasteiger charge is 2.54. The first-order valence-corrected chi connectivity index (χ1v) is 13.7. The second kappa shape index (κ2) is 9.94. The van der Waals surface area contributed by atoms with Crippen LogP contribution in [0.5, 0.6) is 11.5 Å². The van der Waals surface area contributed by atoms with E-state index in [2.05, 4.69) is 5.32 Å². The molecule has 3 fully saturated rings. The summed E-state index contributed by atoms with van der Waals surface area (Å²) in [6, 6.07) is 6.64. The molecule has 2 unspecified atom stereocenters. The first kappa shape index (κ1) is 26.9. The summed E-state index contributed by atoms with van der Waals surface area (Å²) in [6.07, 6.45) is -0.928. The SMILES string of the molecule is NC1CC2CCC(C1)N2C(=O)[C@H](Cc1ccc2c(c1)OCCO2)NC(=O)C1(c2ccc(C(F)(F)F)cc2F)CC1. The van der Waals surface area contributed by atoms with Crippen LogP contribution in [-0.2, 0) is 27.6 Å². The molecular formula is C29H31F4N3O4. The predicted molar refractivity (Wildman–Crippen MR) is 136 cm³/mol. The number of nitrogens with two attached hydrogens (primary N) is 1. The van der Waals surface area contributed by atoms with Crippen molar-refractivity contribution in [1.82, 2.24) is 10.2 Å². The van der Waals surface area contributed by atoms with Gasteiger partial charge in [-0.2, -0.15) is 13.2 Å². The van der Waals surface area contributed by atoms with Gasteiger partial charge in [-0.15, -0.1) is 0 Å². The summed E-state index contributed by atoms with van der Waals surface area (Å²) in [6.45, 7) is 0.833. The molecule has 11 heteroatoms. The van der Waals surface area contributed by atoms with Crippen molar-refractivity contribution in [2.75, 3.05) is 13.2 Å². The van der Waals surface area contributed by atoms with Gasteiger partial charge in [0.1, 0.15) is 25.1 Å². The quantitative estimate of drug-likeness (QED) is 0.523. The molecule has 0 radical (unpaired) electrons. The number of hydrogen-bond acceptors (Lipinski definition) is 5. The molecule has 40 heavy (non-hydrogen) atoms. The first-order valence-electron chi connectivity index (χ1n) is 13.7. The second-order valence-electron chi connectivity index (χ2n) is 11.3. The number of nitrogens with one attached hydrogen (secondary N) is 1. The number of alkyl halides is 3. The van der Waals surface area contributed by atoms with E-state index in [1.165, 1.54) is 0 Å². The van der Waals surface area contributed by atoms with Gasteiger partial charge in [0.05, 0.1) is 11.0 Å². The zero-order chi connectivity index (χ0) is 28.2. The number of hydrogen-bond donors (Lipinski definition) is 2. The molecule has 0 spiro atoms. The Morgan fingerprint density at radius 2 is 1.70 bits per heavy atom. The van der Waals surface area contributed by atoms with E-state index in [9.17, 15) is 27.2 Å². The van der Waals surface area contributed by atoms with Gasteiger partial charge in [0, 0.05) is 30.1 Å². The molecule has 2 aromatic carbocycles. The maximum absolute atomic E-state index is 14.9. The van der Waals surface area contributed by atoms with Crippen LogP contribution in [0.25, 0.3) is 0 Å². The lowest BCUT2D eigenvalue weighted by Crippen LogP contribution is -2.58. The summed E-state index contributed by atoms with van der Waals surface area (Å²) in [5.74, 6) is -0.731. The highest BCUT2D eigenvalue weighted by Crippen LogP contribution is 2.50. The fourth-order valence-electron chi connectivity index (χ4n) is 6.53. The summed E-state index contributed by atoms with van der Waals surface area (Å²) >= 11 is 0. The minimum atomic E-state index is -4.70. The maximum atomic E-state index is 14.9. The number of halogens is 4. The maximum Gasteiger partial charge on any atom is 0.416 e. The molecule has 214 valence electrons. The van der Waals surface area contributed by atoms with Crippen LogP contribution in [0.2, 0.25) is 0 Å². The number of benzene rings is 2. The van der Waals surface area contributed by atoms with Crippen molar-refractivity contribution in [2.45, 2.75) is 80.7 Å².